The monoisotopic (exact) mass is 715 g/mol. The minimum Gasteiger partial charge on any atom is -0.462 e. The van der Waals surface area contributed by atoms with Crippen molar-refractivity contribution in [3.05, 3.63) is 72.9 Å². The van der Waals surface area contributed by atoms with Crippen LogP contribution in [0.3, 0.4) is 0 Å². The first-order valence-electron chi connectivity index (χ1n) is 20.2. The molecule has 0 aliphatic heterocycles. The molecule has 0 amide bonds. The number of aliphatic hydroxyl groups excluding tert-OH is 3. The van der Waals surface area contributed by atoms with Crippen molar-refractivity contribution in [2.24, 2.45) is 0 Å². The van der Waals surface area contributed by atoms with Crippen molar-refractivity contribution in [2.75, 3.05) is 13.2 Å². The van der Waals surface area contributed by atoms with E-state index in [0.717, 1.165) is 25.7 Å². The van der Waals surface area contributed by atoms with Crippen molar-refractivity contribution in [3.8, 4) is 0 Å². The third kappa shape index (κ3) is 36.8. The quantitative estimate of drug-likeness (QED) is 0.0259. The molecule has 0 aromatic carbocycles. The highest BCUT2D eigenvalue weighted by atomic mass is 16.6. The maximum absolute atomic E-state index is 12.1. The number of allylic oxidation sites excluding steroid dienone is 8. The Bertz CT molecular complexity index is 978. The molecule has 0 aromatic rings. The van der Waals surface area contributed by atoms with Gasteiger partial charge in [-0.05, 0) is 38.5 Å². The van der Waals surface area contributed by atoms with Crippen LogP contribution in [0, 0.1) is 0 Å². The molecule has 0 saturated carbocycles. The molecule has 0 saturated heterocycles. The summed E-state index contributed by atoms with van der Waals surface area (Å²) in [5, 5.41) is 29.4. The molecule has 51 heavy (non-hydrogen) atoms. The van der Waals surface area contributed by atoms with Crippen LogP contribution in [0.2, 0.25) is 0 Å². The number of esters is 2. The summed E-state index contributed by atoms with van der Waals surface area (Å²) in [6.07, 6.45) is 44.6. The Labute approximate surface area is 311 Å². The molecule has 0 heterocycles. The minimum atomic E-state index is -0.850. The van der Waals surface area contributed by atoms with Gasteiger partial charge in [-0.1, -0.05) is 183 Å². The smallest absolute Gasteiger partial charge is 0.306 e. The fraction of sp³-hybridized carbons (Fsp3) is 0.682. The average Bonchev–Trinajstić information content (AvgIpc) is 3.12. The Hall–Kier alpha value is -2.74. The summed E-state index contributed by atoms with van der Waals surface area (Å²) >= 11 is 0. The van der Waals surface area contributed by atoms with E-state index in [4.69, 9.17) is 9.47 Å². The fourth-order valence-corrected chi connectivity index (χ4v) is 5.34. The van der Waals surface area contributed by atoms with Gasteiger partial charge in [-0.3, -0.25) is 9.59 Å². The average molecular weight is 715 g/mol. The summed E-state index contributed by atoms with van der Waals surface area (Å²) in [4.78, 5) is 24.2. The maximum Gasteiger partial charge on any atom is 0.306 e. The molecule has 7 nitrogen and oxygen atoms in total. The van der Waals surface area contributed by atoms with Crippen LogP contribution in [-0.2, 0) is 19.1 Å². The van der Waals surface area contributed by atoms with E-state index in [1.54, 1.807) is 24.3 Å². The van der Waals surface area contributed by atoms with E-state index in [9.17, 15) is 24.9 Å². The maximum atomic E-state index is 12.1. The summed E-state index contributed by atoms with van der Waals surface area (Å²) in [5.74, 6) is -0.759. The Balaban J connectivity index is 3.82. The molecular formula is C44H74O7. The van der Waals surface area contributed by atoms with Crippen molar-refractivity contribution in [1.29, 1.82) is 0 Å². The Morgan fingerprint density at radius 1 is 0.569 bits per heavy atom. The largest absolute Gasteiger partial charge is 0.462 e. The first-order valence-corrected chi connectivity index (χ1v) is 20.2. The molecule has 0 spiro atoms. The Kier molecular flexibility index (Phi) is 36.4. The number of unbranched alkanes of at least 4 members (excludes halogenated alkanes) is 15. The van der Waals surface area contributed by atoms with Crippen LogP contribution in [0.4, 0.5) is 0 Å². The molecular weight excluding hydrogens is 640 g/mol. The van der Waals surface area contributed by atoms with Gasteiger partial charge in [0.1, 0.15) is 6.61 Å². The second kappa shape index (κ2) is 38.5. The Morgan fingerprint density at radius 3 is 1.57 bits per heavy atom. The van der Waals surface area contributed by atoms with Crippen LogP contribution in [-0.4, -0.2) is 58.8 Å². The van der Waals surface area contributed by atoms with Gasteiger partial charge < -0.3 is 24.8 Å². The summed E-state index contributed by atoms with van der Waals surface area (Å²) in [6, 6.07) is 0. The van der Waals surface area contributed by atoms with Crippen LogP contribution in [0.25, 0.3) is 0 Å². The molecule has 292 valence electrons. The van der Waals surface area contributed by atoms with Gasteiger partial charge in [-0.15, -0.1) is 0 Å². The summed E-state index contributed by atoms with van der Waals surface area (Å²) < 4.78 is 10.5. The number of ether oxygens (including phenoxy) is 2. The molecule has 0 bridgehead atoms. The molecule has 0 aliphatic rings. The number of hydrogen-bond acceptors (Lipinski definition) is 7. The zero-order valence-corrected chi connectivity index (χ0v) is 32.3. The SMILES string of the molecule is CC/C=C\C[C@H](O)/C=C/C=C\C=C\[C@H](O)C/C=C\C/C=C\CCC(=O)O[C@@H](CO)COC(=O)CCCCCCCCCCCCCCCCCC. The lowest BCUT2D eigenvalue weighted by molar-refractivity contribution is -0.161. The molecule has 7 heteroatoms. The third-order valence-electron chi connectivity index (χ3n) is 8.44. The van der Waals surface area contributed by atoms with Gasteiger partial charge in [0.25, 0.3) is 0 Å². The molecule has 3 atom stereocenters. The number of aliphatic hydroxyl groups is 3. The summed E-state index contributed by atoms with van der Waals surface area (Å²) in [7, 11) is 0. The van der Waals surface area contributed by atoms with Crippen LogP contribution >= 0.6 is 0 Å². The first-order chi connectivity index (χ1) is 24.9. The zero-order chi connectivity index (χ0) is 37.5. The predicted octanol–water partition coefficient (Wildman–Crippen LogP) is 10.5. The van der Waals surface area contributed by atoms with E-state index >= 15 is 0 Å². The molecule has 0 aromatic heterocycles. The number of carbonyl (C=O) groups excluding carboxylic acids is 2. The van der Waals surface area contributed by atoms with Crippen LogP contribution in [0.15, 0.2) is 72.9 Å². The third-order valence-corrected chi connectivity index (χ3v) is 8.44. The van der Waals surface area contributed by atoms with Crippen molar-refractivity contribution in [1.82, 2.24) is 0 Å². The lowest BCUT2D eigenvalue weighted by Gasteiger charge is -2.15. The molecule has 0 rings (SSSR count). The van der Waals surface area contributed by atoms with Crippen molar-refractivity contribution in [3.63, 3.8) is 0 Å². The lowest BCUT2D eigenvalue weighted by atomic mass is 10.0. The molecule has 3 N–H and O–H groups in total. The highest BCUT2D eigenvalue weighted by Gasteiger charge is 2.15. The first kappa shape index (κ1) is 48.3. The lowest BCUT2D eigenvalue weighted by Crippen LogP contribution is -2.28. The van der Waals surface area contributed by atoms with E-state index in [1.807, 2.05) is 48.6 Å². The van der Waals surface area contributed by atoms with E-state index in [0.29, 0.717) is 32.1 Å². The van der Waals surface area contributed by atoms with Crippen molar-refractivity contribution in [2.45, 2.75) is 180 Å². The van der Waals surface area contributed by atoms with E-state index < -0.39 is 30.9 Å². The van der Waals surface area contributed by atoms with Gasteiger partial charge in [0.05, 0.1) is 18.8 Å². The van der Waals surface area contributed by atoms with Crippen LogP contribution in [0.5, 0.6) is 0 Å². The van der Waals surface area contributed by atoms with Gasteiger partial charge in [0.15, 0.2) is 6.10 Å². The van der Waals surface area contributed by atoms with Gasteiger partial charge in [0.2, 0.25) is 0 Å². The standard InChI is InChI=1S/C44H74O7/c1-3-5-7-8-9-10-11-12-13-14-15-16-17-18-22-30-36-43(48)50-39-42(38-45)51-44(49)37-31-23-20-19-21-27-33-41(47)35-29-25-24-28-34-40(46)32-26-6-4-2/h6,20-21,23-29,34-35,40-42,45-47H,3-5,7-19,22,30-33,36-39H2,1-2H3/b23-20-,25-24-,26-6-,27-21-,34-28+,35-29+/t40-,41+,42-/m0/s1. The second-order valence-corrected chi connectivity index (χ2v) is 13.4. The minimum absolute atomic E-state index is 0.129. The summed E-state index contributed by atoms with van der Waals surface area (Å²) in [6.45, 7) is 3.80. The predicted molar refractivity (Wildman–Crippen MR) is 212 cm³/mol. The molecule has 0 aliphatic carbocycles. The van der Waals surface area contributed by atoms with Crippen LogP contribution < -0.4 is 0 Å². The van der Waals surface area contributed by atoms with Gasteiger partial charge >= 0.3 is 11.9 Å². The Morgan fingerprint density at radius 2 is 1.06 bits per heavy atom. The normalized spacial score (nSPS) is 14.2. The molecule has 0 unspecified atom stereocenters. The van der Waals surface area contributed by atoms with E-state index in [2.05, 4.69) is 13.8 Å². The topological polar surface area (TPSA) is 113 Å². The summed E-state index contributed by atoms with van der Waals surface area (Å²) in [5.41, 5.74) is 0. The van der Waals surface area contributed by atoms with Gasteiger partial charge in [-0.25, -0.2) is 0 Å². The number of hydrogen-bond donors (Lipinski definition) is 3. The fourth-order valence-electron chi connectivity index (χ4n) is 5.34. The zero-order valence-electron chi connectivity index (χ0n) is 32.3. The van der Waals surface area contributed by atoms with Gasteiger partial charge in [-0.2, -0.15) is 0 Å². The number of rotatable bonds is 35. The van der Waals surface area contributed by atoms with Gasteiger partial charge in [0, 0.05) is 12.8 Å². The highest BCUT2D eigenvalue weighted by molar-refractivity contribution is 5.70. The molecule has 0 radical (unpaired) electrons. The second-order valence-electron chi connectivity index (χ2n) is 13.4. The van der Waals surface area contributed by atoms with Crippen molar-refractivity contribution < 1.29 is 34.4 Å². The van der Waals surface area contributed by atoms with Crippen molar-refractivity contribution >= 4 is 11.9 Å². The van der Waals surface area contributed by atoms with Crippen LogP contribution in [0.1, 0.15) is 162 Å². The highest BCUT2D eigenvalue weighted by Crippen LogP contribution is 2.14. The molecule has 0 fully saturated rings. The van der Waals surface area contributed by atoms with E-state index in [-0.39, 0.29) is 19.0 Å². The number of carbonyl (C=O) groups is 2. The van der Waals surface area contributed by atoms with E-state index in [1.165, 1.54) is 83.5 Å².